The molecule has 1 unspecified atom stereocenters. The van der Waals surface area contributed by atoms with Gasteiger partial charge in [-0.3, -0.25) is 4.90 Å². The molecule has 0 amide bonds. The number of hydrogen-bond donors (Lipinski definition) is 1. The summed E-state index contributed by atoms with van der Waals surface area (Å²) < 4.78 is 12.0. The Morgan fingerprint density at radius 1 is 1.19 bits per heavy atom. The predicted molar refractivity (Wildman–Crippen MR) is 145 cm³/mol. The van der Waals surface area contributed by atoms with E-state index in [2.05, 4.69) is 64.7 Å². The van der Waals surface area contributed by atoms with Crippen LogP contribution in [0.3, 0.4) is 0 Å². The molecule has 2 atom stereocenters. The van der Waals surface area contributed by atoms with Crippen molar-refractivity contribution in [3.8, 4) is 5.75 Å². The minimum atomic E-state index is 0.524. The van der Waals surface area contributed by atoms with E-state index in [9.17, 15) is 0 Å². The van der Waals surface area contributed by atoms with Crippen LogP contribution < -0.4 is 15.0 Å². The van der Waals surface area contributed by atoms with Gasteiger partial charge in [-0.15, -0.1) is 6.58 Å². The number of benzene rings is 1. The molecular formula is C29H39N5O2. The number of hydrogen-bond acceptors (Lipinski definition) is 7. The Morgan fingerprint density at radius 2 is 2.03 bits per heavy atom. The van der Waals surface area contributed by atoms with Crippen molar-refractivity contribution in [1.29, 1.82) is 0 Å². The third kappa shape index (κ3) is 4.60. The van der Waals surface area contributed by atoms with Crippen molar-refractivity contribution in [3.63, 3.8) is 0 Å². The van der Waals surface area contributed by atoms with E-state index in [1.54, 1.807) is 0 Å². The van der Waals surface area contributed by atoms with Gasteiger partial charge in [-0.1, -0.05) is 19.1 Å². The van der Waals surface area contributed by atoms with Crippen LogP contribution in [0.2, 0.25) is 0 Å². The number of anilines is 3. The summed E-state index contributed by atoms with van der Waals surface area (Å²) in [6, 6.07) is 7.43. The van der Waals surface area contributed by atoms with Gasteiger partial charge in [0.05, 0.1) is 24.5 Å². The molecule has 0 saturated carbocycles. The second kappa shape index (κ2) is 10.0. The lowest BCUT2D eigenvalue weighted by molar-refractivity contribution is 0.0933. The lowest BCUT2D eigenvalue weighted by Gasteiger charge is -2.43. The first kappa shape index (κ1) is 23.8. The quantitative estimate of drug-likeness (QED) is 0.612. The zero-order valence-electron chi connectivity index (χ0n) is 21.7. The van der Waals surface area contributed by atoms with Crippen molar-refractivity contribution in [2.24, 2.45) is 5.92 Å². The molecule has 3 saturated heterocycles. The lowest BCUT2D eigenvalue weighted by atomic mass is 9.88. The topological polar surface area (TPSA) is 53.1 Å². The van der Waals surface area contributed by atoms with Gasteiger partial charge in [0, 0.05) is 63.1 Å². The number of morpholine rings is 1. The summed E-state index contributed by atoms with van der Waals surface area (Å²) in [4.78, 5) is 12.4. The summed E-state index contributed by atoms with van der Waals surface area (Å²) in [5.74, 6) is 3.00. The van der Waals surface area contributed by atoms with E-state index < -0.39 is 0 Å². The molecule has 3 fully saturated rings. The number of likely N-dealkylation sites (tertiary alicyclic amines) is 2. The van der Waals surface area contributed by atoms with Crippen LogP contribution in [0.25, 0.3) is 0 Å². The van der Waals surface area contributed by atoms with Gasteiger partial charge < -0.3 is 24.6 Å². The second-order valence-corrected chi connectivity index (χ2v) is 11.0. The van der Waals surface area contributed by atoms with Crippen LogP contribution in [0.15, 0.2) is 37.1 Å². The molecule has 192 valence electrons. The lowest BCUT2D eigenvalue weighted by Crippen LogP contribution is -2.51. The van der Waals surface area contributed by atoms with Crippen molar-refractivity contribution in [3.05, 3.63) is 53.7 Å². The van der Waals surface area contributed by atoms with Gasteiger partial charge in [0.15, 0.2) is 0 Å². The van der Waals surface area contributed by atoms with E-state index in [0.29, 0.717) is 24.5 Å². The molecule has 0 spiro atoms. The normalized spacial score (nSPS) is 23.6. The third-order valence-corrected chi connectivity index (χ3v) is 8.39. The number of rotatable bonds is 6. The number of nitrogens with zero attached hydrogens (tertiary/aromatic N) is 4. The fourth-order valence-electron chi connectivity index (χ4n) is 6.21. The number of ether oxygens (including phenoxy) is 2. The highest BCUT2D eigenvalue weighted by atomic mass is 16.5. The molecule has 1 aromatic carbocycles. The maximum absolute atomic E-state index is 6.40. The Balaban J connectivity index is 1.15. The fourth-order valence-corrected chi connectivity index (χ4v) is 6.21. The fraction of sp³-hybridized carbons (Fsp3) is 0.552. The summed E-state index contributed by atoms with van der Waals surface area (Å²) in [5, 5.41) is 3.64. The zero-order chi connectivity index (χ0) is 24.6. The number of nitrogens with one attached hydrogen (secondary N) is 1. The molecule has 0 aliphatic carbocycles. The highest BCUT2D eigenvalue weighted by Gasteiger charge is 2.37. The highest BCUT2D eigenvalue weighted by Crippen LogP contribution is 2.42. The van der Waals surface area contributed by atoms with Crippen molar-refractivity contribution < 1.29 is 9.47 Å². The van der Waals surface area contributed by atoms with Crippen molar-refractivity contribution in [2.75, 3.05) is 69.2 Å². The number of aryl methyl sites for hydroxylation is 1. The second-order valence-electron chi connectivity index (χ2n) is 11.0. The Labute approximate surface area is 215 Å². The first-order chi connectivity index (χ1) is 17.6. The van der Waals surface area contributed by atoms with Crippen LogP contribution in [0.1, 0.15) is 36.0 Å². The monoisotopic (exact) mass is 489 g/mol. The molecule has 4 aliphatic rings. The molecule has 7 nitrogen and oxygen atoms in total. The number of aromatic nitrogens is 1. The number of pyridine rings is 1. The highest BCUT2D eigenvalue weighted by molar-refractivity contribution is 5.74. The van der Waals surface area contributed by atoms with Gasteiger partial charge in [-0.05, 0) is 49.1 Å². The summed E-state index contributed by atoms with van der Waals surface area (Å²) in [7, 11) is 0. The van der Waals surface area contributed by atoms with E-state index >= 15 is 0 Å². The Kier molecular flexibility index (Phi) is 6.63. The van der Waals surface area contributed by atoms with Gasteiger partial charge in [-0.25, -0.2) is 4.98 Å². The van der Waals surface area contributed by atoms with Crippen LogP contribution >= 0.6 is 0 Å². The average Bonchev–Trinajstić information content (AvgIpc) is 3.21. The van der Waals surface area contributed by atoms with Crippen molar-refractivity contribution in [1.82, 2.24) is 14.8 Å². The van der Waals surface area contributed by atoms with Crippen LogP contribution in [-0.4, -0.2) is 79.9 Å². The number of fused-ring (bicyclic) bond motifs is 2. The van der Waals surface area contributed by atoms with Gasteiger partial charge in [0.2, 0.25) is 0 Å². The van der Waals surface area contributed by atoms with E-state index in [1.165, 1.54) is 36.3 Å². The van der Waals surface area contributed by atoms with Gasteiger partial charge in [-0.2, -0.15) is 0 Å². The van der Waals surface area contributed by atoms with Gasteiger partial charge >= 0.3 is 0 Å². The van der Waals surface area contributed by atoms with E-state index in [4.69, 9.17) is 14.5 Å². The van der Waals surface area contributed by atoms with Gasteiger partial charge in [0.1, 0.15) is 18.2 Å². The smallest absolute Gasteiger partial charge is 0.146 e. The van der Waals surface area contributed by atoms with Crippen molar-refractivity contribution >= 4 is 17.2 Å². The minimum Gasteiger partial charge on any atom is -0.486 e. The molecule has 5 heterocycles. The Hall–Kier alpha value is -2.61. The molecule has 2 aromatic rings. The molecule has 6 rings (SSSR count). The van der Waals surface area contributed by atoms with Crippen LogP contribution in [0.4, 0.5) is 17.2 Å². The van der Waals surface area contributed by atoms with Crippen LogP contribution in [0.5, 0.6) is 5.75 Å². The zero-order valence-corrected chi connectivity index (χ0v) is 21.7. The summed E-state index contributed by atoms with van der Waals surface area (Å²) in [6.07, 6.45) is 5.26. The largest absolute Gasteiger partial charge is 0.486 e. The molecule has 1 aromatic heterocycles. The first-order valence-electron chi connectivity index (χ1n) is 13.5. The van der Waals surface area contributed by atoms with Crippen LogP contribution in [-0.2, 0) is 11.3 Å². The molecule has 1 N–H and O–H groups in total. The summed E-state index contributed by atoms with van der Waals surface area (Å²) >= 11 is 0. The predicted octanol–water partition coefficient (Wildman–Crippen LogP) is 4.16. The maximum Gasteiger partial charge on any atom is 0.146 e. The standard InChI is InChI=1S/C29H39N5O2/c1-4-20(2)15-32-8-6-24(18-32)34-16-23(17-34)22-13-21(3)28-26(14-22)31-29-25(19-36-28)27(5-7-30-29)33-9-11-35-12-10-33/h4-5,7,13-14,20,23-24H,1,6,8-12,15-19H2,2-3H3,(H,30,31)/t20-,24?/m0/s1. The Morgan fingerprint density at radius 3 is 2.83 bits per heavy atom. The Bertz CT molecular complexity index is 1110. The SMILES string of the molecule is C=C[C@H](C)CN1CCC(N2CC(c3cc(C)c4c(c3)Nc3nccc(N5CCOCC5)c3CO4)C2)C1. The van der Waals surface area contributed by atoms with E-state index in [0.717, 1.165) is 68.8 Å². The van der Waals surface area contributed by atoms with E-state index in [1.807, 2.05) is 6.20 Å². The van der Waals surface area contributed by atoms with E-state index in [-0.39, 0.29) is 0 Å². The maximum atomic E-state index is 6.40. The van der Waals surface area contributed by atoms with Crippen molar-refractivity contribution in [2.45, 2.75) is 38.8 Å². The molecule has 0 radical (unpaired) electrons. The molecular weight excluding hydrogens is 450 g/mol. The molecule has 36 heavy (non-hydrogen) atoms. The summed E-state index contributed by atoms with van der Waals surface area (Å²) in [6.45, 7) is 18.0. The summed E-state index contributed by atoms with van der Waals surface area (Å²) in [5.41, 5.74) is 5.97. The third-order valence-electron chi connectivity index (χ3n) is 8.39. The molecule has 4 aliphatic heterocycles. The molecule has 7 heteroatoms. The van der Waals surface area contributed by atoms with Crippen LogP contribution in [0, 0.1) is 12.8 Å². The molecule has 0 bridgehead atoms. The average molecular weight is 490 g/mol. The van der Waals surface area contributed by atoms with Gasteiger partial charge in [0.25, 0.3) is 0 Å². The first-order valence-corrected chi connectivity index (χ1v) is 13.5. The minimum absolute atomic E-state index is 0.524.